The number of anilines is 1. The second-order valence-corrected chi connectivity index (χ2v) is 4.00. The van der Waals surface area contributed by atoms with Gasteiger partial charge in [-0.25, -0.2) is 0 Å². The van der Waals surface area contributed by atoms with Crippen LogP contribution >= 0.6 is 0 Å². The van der Waals surface area contributed by atoms with Gasteiger partial charge in [0, 0.05) is 11.9 Å². The van der Waals surface area contributed by atoms with Gasteiger partial charge in [-0.3, -0.25) is 4.79 Å². The molecular formula is C12H14N2O. The van der Waals surface area contributed by atoms with E-state index in [1.54, 1.807) is 12.3 Å². The van der Waals surface area contributed by atoms with Crippen molar-refractivity contribution in [2.75, 3.05) is 5.73 Å². The van der Waals surface area contributed by atoms with E-state index in [4.69, 9.17) is 5.73 Å². The fraction of sp³-hybridized carbons (Fsp3) is 0.250. The number of aromatic nitrogens is 1. The maximum atomic E-state index is 11.6. The molecule has 0 atom stereocenters. The molecule has 0 aliphatic rings. The van der Waals surface area contributed by atoms with E-state index in [9.17, 15) is 4.79 Å². The van der Waals surface area contributed by atoms with E-state index < -0.39 is 0 Å². The van der Waals surface area contributed by atoms with Crippen LogP contribution in [0.15, 0.2) is 29.2 Å². The van der Waals surface area contributed by atoms with E-state index in [2.05, 4.69) is 18.8 Å². The Balaban J connectivity index is 2.95. The van der Waals surface area contributed by atoms with Gasteiger partial charge >= 0.3 is 0 Å². The van der Waals surface area contributed by atoms with Gasteiger partial charge in [-0.2, -0.15) is 0 Å². The molecule has 0 aliphatic carbocycles. The van der Waals surface area contributed by atoms with Crippen LogP contribution in [0.1, 0.15) is 25.3 Å². The van der Waals surface area contributed by atoms with Gasteiger partial charge in [0.05, 0.1) is 5.39 Å². The lowest BCUT2D eigenvalue weighted by Gasteiger charge is -2.10. The third-order valence-corrected chi connectivity index (χ3v) is 2.62. The lowest BCUT2D eigenvalue weighted by molar-refractivity contribution is 0.867. The molecule has 0 saturated carbocycles. The number of benzene rings is 1. The summed E-state index contributed by atoms with van der Waals surface area (Å²) in [6.07, 6.45) is 1.77. The molecule has 0 spiro atoms. The molecule has 0 unspecified atom stereocenters. The quantitative estimate of drug-likeness (QED) is 0.697. The first-order valence-electron chi connectivity index (χ1n) is 5.01. The molecule has 3 heteroatoms. The lowest BCUT2D eigenvalue weighted by atomic mass is 9.98. The summed E-state index contributed by atoms with van der Waals surface area (Å²) in [5.41, 5.74) is 7.35. The summed E-state index contributed by atoms with van der Waals surface area (Å²) in [5, 5.41) is 1.55. The standard InChI is InChI=1S/C12H14N2O/c1-7(2)9-6-14-12(15)11-8(9)4-3-5-10(11)13/h3-7H,13H2,1-2H3,(H,14,15). The molecule has 1 aromatic carbocycles. The Kier molecular flexibility index (Phi) is 2.23. The number of hydrogen-bond acceptors (Lipinski definition) is 2. The van der Waals surface area contributed by atoms with E-state index in [0.717, 1.165) is 10.9 Å². The number of rotatable bonds is 1. The average Bonchev–Trinajstić information content (AvgIpc) is 2.17. The first-order valence-corrected chi connectivity index (χ1v) is 5.01. The number of fused-ring (bicyclic) bond motifs is 1. The first-order chi connectivity index (χ1) is 7.11. The third-order valence-electron chi connectivity index (χ3n) is 2.62. The highest BCUT2D eigenvalue weighted by atomic mass is 16.1. The van der Waals surface area contributed by atoms with Gasteiger partial charge in [0.2, 0.25) is 0 Å². The monoisotopic (exact) mass is 202 g/mol. The highest BCUT2D eigenvalue weighted by molar-refractivity contribution is 5.94. The number of aromatic amines is 1. The number of nitrogen functional groups attached to an aromatic ring is 1. The number of H-pyrrole nitrogens is 1. The van der Waals surface area contributed by atoms with Crippen LogP contribution in [0.5, 0.6) is 0 Å². The number of nitrogens with two attached hydrogens (primary N) is 1. The molecule has 0 amide bonds. The smallest absolute Gasteiger partial charge is 0.257 e. The van der Waals surface area contributed by atoms with Crippen molar-refractivity contribution in [3.8, 4) is 0 Å². The zero-order chi connectivity index (χ0) is 11.0. The summed E-state index contributed by atoms with van der Waals surface area (Å²) in [5.74, 6) is 0.367. The van der Waals surface area contributed by atoms with Crippen LogP contribution in [0, 0.1) is 0 Å². The molecule has 0 fully saturated rings. The van der Waals surface area contributed by atoms with Crippen LogP contribution in [0.3, 0.4) is 0 Å². The zero-order valence-corrected chi connectivity index (χ0v) is 8.87. The van der Waals surface area contributed by atoms with Crippen molar-refractivity contribution in [1.29, 1.82) is 0 Å². The zero-order valence-electron chi connectivity index (χ0n) is 8.87. The van der Waals surface area contributed by atoms with E-state index in [1.165, 1.54) is 0 Å². The van der Waals surface area contributed by atoms with Crippen molar-refractivity contribution in [3.63, 3.8) is 0 Å². The summed E-state index contributed by atoms with van der Waals surface area (Å²) in [6, 6.07) is 5.57. The van der Waals surface area contributed by atoms with Crippen molar-refractivity contribution < 1.29 is 0 Å². The van der Waals surface area contributed by atoms with Crippen LogP contribution in [0.4, 0.5) is 5.69 Å². The van der Waals surface area contributed by atoms with Crippen LogP contribution < -0.4 is 11.3 Å². The highest BCUT2D eigenvalue weighted by Crippen LogP contribution is 2.25. The predicted molar refractivity (Wildman–Crippen MR) is 63.1 cm³/mol. The molecule has 3 N–H and O–H groups in total. The Hall–Kier alpha value is -1.77. The molecule has 1 heterocycles. The summed E-state index contributed by atoms with van der Waals surface area (Å²) in [7, 11) is 0. The second kappa shape index (κ2) is 3.42. The van der Waals surface area contributed by atoms with Crippen LogP contribution in [0.2, 0.25) is 0 Å². The Morgan fingerprint density at radius 3 is 2.73 bits per heavy atom. The molecule has 3 nitrogen and oxygen atoms in total. The normalized spacial score (nSPS) is 11.1. The van der Waals surface area contributed by atoms with E-state index in [1.807, 2.05) is 12.1 Å². The number of hydrogen-bond donors (Lipinski definition) is 2. The van der Waals surface area contributed by atoms with Crippen molar-refractivity contribution in [1.82, 2.24) is 4.98 Å². The van der Waals surface area contributed by atoms with Gasteiger partial charge in [0.25, 0.3) is 5.56 Å². The average molecular weight is 202 g/mol. The minimum atomic E-state index is -0.118. The molecule has 15 heavy (non-hydrogen) atoms. The number of nitrogens with one attached hydrogen (secondary N) is 1. The maximum Gasteiger partial charge on any atom is 0.257 e. The predicted octanol–water partition coefficient (Wildman–Crippen LogP) is 2.23. The Morgan fingerprint density at radius 2 is 2.07 bits per heavy atom. The van der Waals surface area contributed by atoms with Crippen molar-refractivity contribution >= 4 is 16.5 Å². The van der Waals surface area contributed by atoms with Crippen molar-refractivity contribution in [2.45, 2.75) is 19.8 Å². The molecule has 0 aliphatic heterocycles. The van der Waals surface area contributed by atoms with Crippen molar-refractivity contribution in [3.05, 3.63) is 40.3 Å². The fourth-order valence-electron chi connectivity index (χ4n) is 1.84. The maximum absolute atomic E-state index is 11.6. The molecule has 2 rings (SSSR count). The molecule has 1 aromatic heterocycles. The minimum Gasteiger partial charge on any atom is -0.398 e. The molecule has 0 saturated heterocycles. The summed E-state index contributed by atoms with van der Waals surface area (Å²) in [4.78, 5) is 14.4. The van der Waals surface area contributed by atoms with Gasteiger partial charge in [-0.1, -0.05) is 26.0 Å². The Bertz CT molecular complexity index is 555. The lowest BCUT2D eigenvalue weighted by Crippen LogP contribution is -2.10. The topological polar surface area (TPSA) is 58.9 Å². The largest absolute Gasteiger partial charge is 0.398 e. The second-order valence-electron chi connectivity index (χ2n) is 4.00. The number of pyridine rings is 1. The Morgan fingerprint density at radius 1 is 1.33 bits per heavy atom. The van der Waals surface area contributed by atoms with Gasteiger partial charge in [0.15, 0.2) is 0 Å². The summed E-state index contributed by atoms with van der Waals surface area (Å²) >= 11 is 0. The fourth-order valence-corrected chi connectivity index (χ4v) is 1.84. The van der Waals surface area contributed by atoms with Crippen molar-refractivity contribution in [2.24, 2.45) is 0 Å². The van der Waals surface area contributed by atoms with E-state index in [-0.39, 0.29) is 5.56 Å². The van der Waals surface area contributed by atoms with Gasteiger partial charge in [-0.15, -0.1) is 0 Å². The molecular weight excluding hydrogens is 188 g/mol. The summed E-state index contributed by atoms with van der Waals surface area (Å²) < 4.78 is 0. The molecule has 2 aromatic rings. The SMILES string of the molecule is CC(C)c1c[nH]c(=O)c2c(N)cccc12. The Labute approximate surface area is 87.9 Å². The van der Waals surface area contributed by atoms with Crippen LogP contribution in [0.25, 0.3) is 10.8 Å². The van der Waals surface area contributed by atoms with E-state index >= 15 is 0 Å². The molecule has 0 bridgehead atoms. The third kappa shape index (κ3) is 1.50. The molecule has 78 valence electrons. The van der Waals surface area contributed by atoms with E-state index in [0.29, 0.717) is 17.0 Å². The van der Waals surface area contributed by atoms with Gasteiger partial charge < -0.3 is 10.7 Å². The summed E-state index contributed by atoms with van der Waals surface area (Å²) in [6.45, 7) is 4.19. The van der Waals surface area contributed by atoms with Gasteiger partial charge in [-0.05, 0) is 22.9 Å². The van der Waals surface area contributed by atoms with Crippen LogP contribution in [-0.2, 0) is 0 Å². The minimum absolute atomic E-state index is 0.118. The van der Waals surface area contributed by atoms with Gasteiger partial charge in [0.1, 0.15) is 0 Å². The highest BCUT2D eigenvalue weighted by Gasteiger charge is 2.09. The molecule has 0 radical (unpaired) electrons. The van der Waals surface area contributed by atoms with Crippen LogP contribution in [-0.4, -0.2) is 4.98 Å². The first kappa shape index (κ1) is 9.77.